The summed E-state index contributed by atoms with van der Waals surface area (Å²) in [5, 5.41) is 6.76. The molecule has 1 aromatic heterocycles. The SMILES string of the molecule is COCCOc1ccc([C@H](C)NC(=O)c2c(C)noc2C)cc1OC. The Kier molecular flexibility index (Phi) is 6.41. The minimum atomic E-state index is -0.219. The first-order valence-corrected chi connectivity index (χ1v) is 8.01. The smallest absolute Gasteiger partial charge is 0.257 e. The average molecular weight is 348 g/mol. The highest BCUT2D eigenvalue weighted by atomic mass is 16.5. The van der Waals surface area contributed by atoms with Gasteiger partial charge in [-0.3, -0.25) is 4.79 Å². The van der Waals surface area contributed by atoms with Crippen LogP contribution in [0.2, 0.25) is 0 Å². The van der Waals surface area contributed by atoms with Gasteiger partial charge in [0.2, 0.25) is 0 Å². The molecule has 0 aliphatic rings. The second kappa shape index (κ2) is 8.53. The van der Waals surface area contributed by atoms with Crippen LogP contribution in [0, 0.1) is 13.8 Å². The fourth-order valence-electron chi connectivity index (χ4n) is 2.47. The van der Waals surface area contributed by atoms with Gasteiger partial charge in [0.05, 0.1) is 25.5 Å². The predicted octanol–water partition coefficient (Wildman–Crippen LogP) is 2.82. The van der Waals surface area contributed by atoms with Crippen LogP contribution in [0.4, 0.5) is 0 Å². The van der Waals surface area contributed by atoms with Crippen molar-refractivity contribution in [1.29, 1.82) is 0 Å². The Morgan fingerprint density at radius 1 is 1.24 bits per heavy atom. The van der Waals surface area contributed by atoms with Crippen molar-refractivity contribution in [2.24, 2.45) is 0 Å². The fraction of sp³-hybridized carbons (Fsp3) is 0.444. The molecule has 1 aromatic carbocycles. The third-order valence-corrected chi connectivity index (χ3v) is 3.84. The van der Waals surface area contributed by atoms with Crippen LogP contribution in [0.5, 0.6) is 11.5 Å². The molecule has 1 N–H and O–H groups in total. The predicted molar refractivity (Wildman–Crippen MR) is 92.2 cm³/mol. The number of hydrogen-bond donors (Lipinski definition) is 1. The topological polar surface area (TPSA) is 82.8 Å². The van der Waals surface area contributed by atoms with Crippen LogP contribution in [-0.4, -0.2) is 38.5 Å². The van der Waals surface area contributed by atoms with E-state index in [2.05, 4.69) is 10.5 Å². The minimum absolute atomic E-state index is 0.219. The van der Waals surface area contributed by atoms with Gasteiger partial charge in [0.15, 0.2) is 11.5 Å². The van der Waals surface area contributed by atoms with Gasteiger partial charge in [-0.15, -0.1) is 0 Å². The number of methoxy groups -OCH3 is 2. The second-order valence-corrected chi connectivity index (χ2v) is 5.65. The minimum Gasteiger partial charge on any atom is -0.493 e. The standard InChI is InChI=1S/C18H24N2O5/c1-11(19-18(21)17-12(2)20-25-13(17)3)14-6-7-15(16(10-14)23-5)24-9-8-22-4/h6-7,10-11H,8-9H2,1-5H3,(H,19,21)/t11-/m0/s1. The summed E-state index contributed by atoms with van der Waals surface area (Å²) in [6.07, 6.45) is 0. The van der Waals surface area contributed by atoms with Gasteiger partial charge in [-0.2, -0.15) is 0 Å². The van der Waals surface area contributed by atoms with Gasteiger partial charge < -0.3 is 24.1 Å². The molecule has 0 saturated heterocycles. The van der Waals surface area contributed by atoms with E-state index in [4.69, 9.17) is 18.7 Å². The molecule has 25 heavy (non-hydrogen) atoms. The number of nitrogens with zero attached hydrogens (tertiary/aromatic N) is 1. The summed E-state index contributed by atoms with van der Waals surface area (Å²) >= 11 is 0. The van der Waals surface area contributed by atoms with Gasteiger partial charge in [-0.1, -0.05) is 11.2 Å². The molecule has 0 saturated carbocycles. The summed E-state index contributed by atoms with van der Waals surface area (Å²) in [6.45, 7) is 6.29. The molecular weight excluding hydrogens is 324 g/mol. The van der Waals surface area contributed by atoms with Crippen LogP contribution in [0.15, 0.2) is 22.7 Å². The zero-order valence-corrected chi connectivity index (χ0v) is 15.2. The van der Waals surface area contributed by atoms with Gasteiger partial charge >= 0.3 is 0 Å². The molecule has 0 fully saturated rings. The van der Waals surface area contributed by atoms with E-state index in [-0.39, 0.29) is 11.9 Å². The van der Waals surface area contributed by atoms with Crippen LogP contribution in [-0.2, 0) is 4.74 Å². The molecule has 0 aliphatic carbocycles. The number of amides is 1. The largest absolute Gasteiger partial charge is 0.493 e. The lowest BCUT2D eigenvalue weighted by Gasteiger charge is -2.17. The lowest BCUT2D eigenvalue weighted by molar-refractivity contribution is 0.0937. The van der Waals surface area contributed by atoms with Crippen LogP contribution in [0.3, 0.4) is 0 Å². The van der Waals surface area contributed by atoms with Crippen molar-refractivity contribution in [1.82, 2.24) is 10.5 Å². The summed E-state index contributed by atoms with van der Waals surface area (Å²) in [5.74, 6) is 1.52. The van der Waals surface area contributed by atoms with Crippen molar-refractivity contribution in [2.45, 2.75) is 26.8 Å². The van der Waals surface area contributed by atoms with Crippen molar-refractivity contribution in [2.75, 3.05) is 27.4 Å². The number of ether oxygens (including phenoxy) is 3. The van der Waals surface area contributed by atoms with Crippen molar-refractivity contribution in [3.8, 4) is 11.5 Å². The Labute approximate surface area is 147 Å². The Hall–Kier alpha value is -2.54. The van der Waals surface area contributed by atoms with Crippen LogP contribution in [0.1, 0.15) is 40.3 Å². The van der Waals surface area contributed by atoms with Crippen LogP contribution in [0.25, 0.3) is 0 Å². The molecule has 1 amide bonds. The number of rotatable bonds is 8. The molecule has 136 valence electrons. The van der Waals surface area contributed by atoms with Gasteiger partial charge in [-0.05, 0) is 38.5 Å². The number of aromatic nitrogens is 1. The molecule has 0 unspecified atom stereocenters. The number of carbonyl (C=O) groups is 1. The molecule has 0 bridgehead atoms. The quantitative estimate of drug-likeness (QED) is 0.739. The summed E-state index contributed by atoms with van der Waals surface area (Å²) in [7, 11) is 3.20. The highest BCUT2D eigenvalue weighted by Gasteiger charge is 2.20. The Bertz CT molecular complexity index is 707. The van der Waals surface area contributed by atoms with E-state index in [1.54, 1.807) is 28.1 Å². The Morgan fingerprint density at radius 3 is 2.60 bits per heavy atom. The lowest BCUT2D eigenvalue weighted by Crippen LogP contribution is -2.27. The van der Waals surface area contributed by atoms with Crippen LogP contribution < -0.4 is 14.8 Å². The van der Waals surface area contributed by atoms with E-state index in [0.717, 1.165) is 5.56 Å². The monoisotopic (exact) mass is 348 g/mol. The van der Waals surface area contributed by atoms with E-state index in [9.17, 15) is 4.79 Å². The first-order valence-electron chi connectivity index (χ1n) is 8.01. The highest BCUT2D eigenvalue weighted by Crippen LogP contribution is 2.30. The zero-order valence-electron chi connectivity index (χ0n) is 15.2. The molecule has 2 aromatic rings. The van der Waals surface area contributed by atoms with E-state index in [1.165, 1.54) is 0 Å². The zero-order chi connectivity index (χ0) is 18.4. The van der Waals surface area contributed by atoms with E-state index < -0.39 is 0 Å². The highest BCUT2D eigenvalue weighted by molar-refractivity contribution is 5.96. The molecule has 2 rings (SSSR count). The summed E-state index contributed by atoms with van der Waals surface area (Å²) < 4.78 is 21.0. The molecule has 1 heterocycles. The van der Waals surface area contributed by atoms with E-state index >= 15 is 0 Å². The van der Waals surface area contributed by atoms with E-state index in [1.807, 2.05) is 25.1 Å². The average Bonchev–Trinajstić information content (AvgIpc) is 2.93. The first kappa shape index (κ1) is 18.8. The fourth-order valence-corrected chi connectivity index (χ4v) is 2.47. The lowest BCUT2D eigenvalue weighted by atomic mass is 10.1. The second-order valence-electron chi connectivity index (χ2n) is 5.65. The molecule has 0 spiro atoms. The van der Waals surface area contributed by atoms with Crippen LogP contribution >= 0.6 is 0 Å². The van der Waals surface area contributed by atoms with Gasteiger partial charge in [-0.25, -0.2) is 0 Å². The number of nitrogens with one attached hydrogen (secondary N) is 1. The number of aryl methyl sites for hydroxylation is 2. The number of carbonyl (C=O) groups excluding carboxylic acids is 1. The van der Waals surface area contributed by atoms with Gasteiger partial charge in [0.25, 0.3) is 5.91 Å². The maximum absolute atomic E-state index is 12.4. The molecule has 1 atom stereocenters. The molecule has 7 nitrogen and oxygen atoms in total. The van der Waals surface area contributed by atoms with Crippen molar-refractivity contribution < 1.29 is 23.5 Å². The summed E-state index contributed by atoms with van der Waals surface area (Å²) in [5.41, 5.74) is 1.94. The maximum Gasteiger partial charge on any atom is 0.257 e. The first-order chi connectivity index (χ1) is 12.0. The molecular formula is C18H24N2O5. The number of hydrogen-bond acceptors (Lipinski definition) is 6. The molecule has 0 aliphatic heterocycles. The van der Waals surface area contributed by atoms with Gasteiger partial charge in [0, 0.05) is 7.11 Å². The third kappa shape index (κ3) is 4.51. The number of benzene rings is 1. The molecule has 0 radical (unpaired) electrons. The normalized spacial score (nSPS) is 11.9. The van der Waals surface area contributed by atoms with Gasteiger partial charge in [0.1, 0.15) is 17.9 Å². The van der Waals surface area contributed by atoms with Crippen molar-refractivity contribution >= 4 is 5.91 Å². The maximum atomic E-state index is 12.4. The van der Waals surface area contributed by atoms with E-state index in [0.29, 0.717) is 41.7 Å². The van der Waals surface area contributed by atoms with Crippen molar-refractivity contribution in [3.05, 3.63) is 40.8 Å². The Balaban J connectivity index is 2.11. The van der Waals surface area contributed by atoms with Crippen molar-refractivity contribution in [3.63, 3.8) is 0 Å². The Morgan fingerprint density at radius 2 is 2.00 bits per heavy atom. The summed E-state index contributed by atoms with van der Waals surface area (Å²) in [6, 6.07) is 5.34. The summed E-state index contributed by atoms with van der Waals surface area (Å²) in [4.78, 5) is 12.4. The molecule has 7 heteroatoms. The third-order valence-electron chi connectivity index (χ3n) is 3.84.